The number of aromatic amines is 1. The van der Waals surface area contributed by atoms with Gasteiger partial charge in [-0.2, -0.15) is 0 Å². The van der Waals surface area contributed by atoms with Crippen LogP contribution < -0.4 is 5.32 Å². The Morgan fingerprint density at radius 3 is 3.14 bits per heavy atom. The molecule has 2 N–H and O–H groups in total. The molecule has 6 heteroatoms. The minimum Gasteiger partial charge on any atom is -0.348 e. The molecule has 0 unspecified atom stereocenters. The van der Waals surface area contributed by atoms with E-state index in [4.69, 9.17) is 11.6 Å². The van der Waals surface area contributed by atoms with Crippen LogP contribution in [-0.2, 0) is 11.3 Å². The average Bonchev–Trinajstić information content (AvgIpc) is 3.18. The van der Waals surface area contributed by atoms with Crippen molar-refractivity contribution in [2.24, 2.45) is 5.92 Å². The fourth-order valence-electron chi connectivity index (χ4n) is 3.76. The number of benzene rings is 1. The number of aromatic nitrogens is 2. The van der Waals surface area contributed by atoms with Crippen molar-refractivity contribution in [1.29, 1.82) is 0 Å². The van der Waals surface area contributed by atoms with Gasteiger partial charge in [0.1, 0.15) is 5.82 Å². The molecule has 2 atom stereocenters. The highest BCUT2D eigenvalue weighted by atomic mass is 35.5. The van der Waals surface area contributed by atoms with E-state index in [0.29, 0.717) is 24.2 Å². The number of amides is 1. The SMILES string of the molecule is O=C(CN1C[C@@H]2CC[C@H]1C2)NCc1nc2ccc(Cl)cc2[nH]1. The number of carbonyl (C=O) groups is 1. The van der Waals surface area contributed by atoms with Gasteiger partial charge in [0.25, 0.3) is 0 Å². The van der Waals surface area contributed by atoms with Crippen LogP contribution in [0.4, 0.5) is 0 Å². The molecular weight excluding hydrogens is 300 g/mol. The first kappa shape index (κ1) is 14.0. The van der Waals surface area contributed by atoms with Gasteiger partial charge < -0.3 is 10.3 Å². The number of rotatable bonds is 4. The van der Waals surface area contributed by atoms with Crippen molar-refractivity contribution in [2.75, 3.05) is 13.1 Å². The molecule has 5 nitrogen and oxygen atoms in total. The molecule has 22 heavy (non-hydrogen) atoms. The Labute approximate surface area is 134 Å². The Kier molecular flexibility index (Phi) is 3.54. The predicted molar refractivity (Wildman–Crippen MR) is 85.7 cm³/mol. The van der Waals surface area contributed by atoms with E-state index in [1.807, 2.05) is 18.2 Å². The van der Waals surface area contributed by atoms with Crippen molar-refractivity contribution in [1.82, 2.24) is 20.2 Å². The van der Waals surface area contributed by atoms with Crippen molar-refractivity contribution in [3.63, 3.8) is 0 Å². The van der Waals surface area contributed by atoms with Crippen molar-refractivity contribution in [3.05, 3.63) is 29.0 Å². The van der Waals surface area contributed by atoms with Gasteiger partial charge in [0.15, 0.2) is 0 Å². The summed E-state index contributed by atoms with van der Waals surface area (Å²) in [6, 6.07) is 6.16. The Balaban J connectivity index is 1.34. The lowest BCUT2D eigenvalue weighted by Gasteiger charge is -2.25. The molecule has 1 amide bonds. The minimum absolute atomic E-state index is 0.0750. The molecule has 0 radical (unpaired) electrons. The van der Waals surface area contributed by atoms with Crippen LogP contribution in [0.3, 0.4) is 0 Å². The third-order valence-corrected chi connectivity index (χ3v) is 5.05. The second-order valence-electron chi connectivity index (χ2n) is 6.38. The van der Waals surface area contributed by atoms with E-state index in [0.717, 1.165) is 29.3 Å². The number of imidazole rings is 1. The Morgan fingerprint density at radius 2 is 2.36 bits per heavy atom. The lowest BCUT2D eigenvalue weighted by Crippen LogP contribution is -2.41. The molecule has 2 fully saturated rings. The Bertz CT molecular complexity index is 713. The molecule has 1 aliphatic heterocycles. The van der Waals surface area contributed by atoms with Gasteiger partial charge in [-0.15, -0.1) is 0 Å². The fourth-order valence-corrected chi connectivity index (χ4v) is 3.93. The number of piperidine rings is 1. The average molecular weight is 319 g/mol. The number of nitrogens with zero attached hydrogens (tertiary/aromatic N) is 2. The van der Waals surface area contributed by atoms with Gasteiger partial charge in [-0.1, -0.05) is 11.6 Å². The molecule has 2 aromatic rings. The lowest BCUT2D eigenvalue weighted by molar-refractivity contribution is -0.122. The Morgan fingerprint density at radius 1 is 1.45 bits per heavy atom. The summed E-state index contributed by atoms with van der Waals surface area (Å²) in [5, 5.41) is 3.63. The van der Waals surface area contributed by atoms with Crippen LogP contribution >= 0.6 is 11.6 Å². The van der Waals surface area contributed by atoms with E-state index < -0.39 is 0 Å². The standard InChI is InChI=1S/C16H19ClN4O/c17-11-2-4-13-14(6-11)20-15(19-13)7-18-16(22)9-21-8-10-1-3-12(21)5-10/h2,4,6,10,12H,1,3,5,7-9H2,(H,18,22)(H,19,20)/t10-,12+/m1/s1. The highest BCUT2D eigenvalue weighted by Gasteiger charge is 2.38. The number of H-pyrrole nitrogens is 1. The van der Waals surface area contributed by atoms with E-state index in [1.165, 1.54) is 19.3 Å². The number of nitrogens with one attached hydrogen (secondary N) is 2. The molecule has 2 heterocycles. The number of hydrogen-bond donors (Lipinski definition) is 2. The molecule has 1 saturated carbocycles. The summed E-state index contributed by atoms with van der Waals surface area (Å²) in [5.74, 6) is 1.65. The molecule has 1 aromatic carbocycles. The summed E-state index contributed by atoms with van der Waals surface area (Å²) in [4.78, 5) is 22.1. The lowest BCUT2D eigenvalue weighted by atomic mass is 10.1. The molecular formula is C16H19ClN4O. The molecule has 4 rings (SSSR count). The van der Waals surface area contributed by atoms with Gasteiger partial charge in [-0.05, 0) is 43.4 Å². The maximum Gasteiger partial charge on any atom is 0.234 e. The summed E-state index contributed by atoms with van der Waals surface area (Å²) in [6.45, 7) is 2.02. The molecule has 2 aliphatic rings. The quantitative estimate of drug-likeness (QED) is 0.909. The van der Waals surface area contributed by atoms with E-state index in [-0.39, 0.29) is 5.91 Å². The van der Waals surface area contributed by atoms with Crippen LogP contribution in [0, 0.1) is 5.92 Å². The maximum atomic E-state index is 12.1. The van der Waals surface area contributed by atoms with Crippen LogP contribution in [-0.4, -0.2) is 39.9 Å². The molecule has 2 bridgehead atoms. The van der Waals surface area contributed by atoms with Gasteiger partial charge in [0.2, 0.25) is 5.91 Å². The third kappa shape index (κ3) is 2.71. The summed E-state index contributed by atoms with van der Waals surface area (Å²) in [5.41, 5.74) is 1.76. The smallest absolute Gasteiger partial charge is 0.234 e. The number of likely N-dealkylation sites (tertiary alicyclic amines) is 1. The van der Waals surface area contributed by atoms with E-state index in [1.54, 1.807) is 0 Å². The van der Waals surface area contributed by atoms with Crippen LogP contribution in [0.2, 0.25) is 5.02 Å². The van der Waals surface area contributed by atoms with E-state index in [2.05, 4.69) is 20.2 Å². The number of hydrogen-bond acceptors (Lipinski definition) is 3. The summed E-state index contributed by atoms with van der Waals surface area (Å²) in [6.07, 6.45) is 3.87. The zero-order valence-electron chi connectivity index (χ0n) is 12.3. The first-order valence-corrected chi connectivity index (χ1v) is 8.20. The first-order valence-electron chi connectivity index (χ1n) is 7.82. The van der Waals surface area contributed by atoms with Crippen LogP contribution in [0.1, 0.15) is 25.1 Å². The van der Waals surface area contributed by atoms with Crippen molar-refractivity contribution >= 4 is 28.5 Å². The molecule has 1 saturated heterocycles. The zero-order valence-corrected chi connectivity index (χ0v) is 13.1. The van der Waals surface area contributed by atoms with Gasteiger partial charge >= 0.3 is 0 Å². The van der Waals surface area contributed by atoms with Crippen molar-refractivity contribution in [2.45, 2.75) is 31.8 Å². The van der Waals surface area contributed by atoms with Crippen molar-refractivity contribution in [3.8, 4) is 0 Å². The largest absolute Gasteiger partial charge is 0.348 e. The van der Waals surface area contributed by atoms with Gasteiger partial charge in [-0.3, -0.25) is 9.69 Å². The monoisotopic (exact) mass is 318 g/mol. The molecule has 1 aliphatic carbocycles. The zero-order chi connectivity index (χ0) is 15.1. The predicted octanol–water partition coefficient (Wildman–Crippen LogP) is 2.32. The normalized spacial score (nSPS) is 24.2. The number of fused-ring (bicyclic) bond motifs is 3. The number of carbonyl (C=O) groups excluding carboxylic acids is 1. The summed E-state index contributed by atoms with van der Waals surface area (Å²) in [7, 11) is 0. The maximum absolute atomic E-state index is 12.1. The molecule has 1 aromatic heterocycles. The van der Waals surface area contributed by atoms with E-state index in [9.17, 15) is 4.79 Å². The first-order chi connectivity index (χ1) is 10.7. The van der Waals surface area contributed by atoms with Gasteiger partial charge in [0, 0.05) is 17.6 Å². The highest BCUT2D eigenvalue weighted by molar-refractivity contribution is 6.31. The second kappa shape index (κ2) is 5.56. The minimum atomic E-state index is 0.0750. The summed E-state index contributed by atoms with van der Waals surface area (Å²) >= 11 is 5.96. The van der Waals surface area contributed by atoms with Crippen LogP contribution in [0.5, 0.6) is 0 Å². The van der Waals surface area contributed by atoms with Crippen molar-refractivity contribution < 1.29 is 4.79 Å². The molecule has 0 spiro atoms. The highest BCUT2D eigenvalue weighted by Crippen LogP contribution is 2.36. The molecule has 116 valence electrons. The van der Waals surface area contributed by atoms with Gasteiger partial charge in [-0.25, -0.2) is 4.98 Å². The fraction of sp³-hybridized carbons (Fsp3) is 0.500. The van der Waals surface area contributed by atoms with Crippen LogP contribution in [0.15, 0.2) is 18.2 Å². The Hall–Kier alpha value is -1.59. The topological polar surface area (TPSA) is 61.0 Å². The van der Waals surface area contributed by atoms with Gasteiger partial charge in [0.05, 0.1) is 24.1 Å². The summed E-state index contributed by atoms with van der Waals surface area (Å²) < 4.78 is 0. The second-order valence-corrected chi connectivity index (χ2v) is 6.82. The van der Waals surface area contributed by atoms with Crippen LogP contribution in [0.25, 0.3) is 11.0 Å². The third-order valence-electron chi connectivity index (χ3n) is 4.82. The van der Waals surface area contributed by atoms with E-state index >= 15 is 0 Å². The number of halogens is 1.